The molecule has 0 aliphatic carbocycles. The van der Waals surface area contributed by atoms with E-state index in [0.29, 0.717) is 34.1 Å². The third kappa shape index (κ3) is 7.05. The van der Waals surface area contributed by atoms with Crippen molar-refractivity contribution in [3.8, 4) is 22.9 Å². The van der Waals surface area contributed by atoms with Crippen LogP contribution in [0.4, 0.5) is 32.9 Å². The minimum Gasteiger partial charge on any atom is -0.438 e. The van der Waals surface area contributed by atoms with Gasteiger partial charge in [-0.1, -0.05) is 0 Å². The SMILES string of the molecule is Cc1cc(NC(=O)Nc2nccs2)ccc1Oc1ncccc1-c1ccnc(Nc2ccc(N3CCN(C)CC3)cc2)n1. The molecule has 0 unspecified atom stereocenters. The number of anilines is 5. The number of rotatable bonds is 8. The van der Waals surface area contributed by atoms with Crippen molar-refractivity contribution in [2.24, 2.45) is 0 Å². The number of nitrogens with zero attached hydrogens (tertiary/aromatic N) is 6. The van der Waals surface area contributed by atoms with Gasteiger partial charge in [0, 0.05) is 67.2 Å². The number of urea groups is 1. The average molecular weight is 594 g/mol. The van der Waals surface area contributed by atoms with Gasteiger partial charge < -0.3 is 25.2 Å². The first-order chi connectivity index (χ1) is 21.0. The zero-order valence-corrected chi connectivity index (χ0v) is 24.6. The molecule has 11 nitrogen and oxygen atoms in total. The number of carbonyl (C=O) groups excluding carboxylic acids is 1. The molecule has 0 bridgehead atoms. The number of amides is 2. The van der Waals surface area contributed by atoms with E-state index in [1.165, 1.54) is 17.0 Å². The van der Waals surface area contributed by atoms with E-state index in [1.807, 2.05) is 43.3 Å². The van der Waals surface area contributed by atoms with Gasteiger partial charge in [0.25, 0.3) is 0 Å². The molecular weight excluding hydrogens is 562 g/mol. The van der Waals surface area contributed by atoms with Gasteiger partial charge in [0.1, 0.15) is 5.75 Å². The van der Waals surface area contributed by atoms with Crippen LogP contribution in [0, 0.1) is 6.92 Å². The summed E-state index contributed by atoms with van der Waals surface area (Å²) >= 11 is 1.35. The number of carbonyl (C=O) groups is 1. The van der Waals surface area contributed by atoms with E-state index >= 15 is 0 Å². The summed E-state index contributed by atoms with van der Waals surface area (Å²) in [6.45, 7) is 6.08. The summed E-state index contributed by atoms with van der Waals surface area (Å²) in [4.78, 5) is 34.7. The fourth-order valence-electron chi connectivity index (χ4n) is 4.68. The van der Waals surface area contributed by atoms with Crippen molar-refractivity contribution in [2.45, 2.75) is 6.92 Å². The van der Waals surface area contributed by atoms with Crippen molar-refractivity contribution in [2.75, 3.05) is 54.1 Å². The first kappa shape index (κ1) is 28.1. The average Bonchev–Trinajstić information content (AvgIpc) is 3.53. The Morgan fingerprint density at radius 2 is 1.70 bits per heavy atom. The summed E-state index contributed by atoms with van der Waals surface area (Å²) in [5.41, 5.74) is 4.97. The van der Waals surface area contributed by atoms with E-state index in [-0.39, 0.29) is 6.03 Å². The van der Waals surface area contributed by atoms with Gasteiger partial charge in [-0.05, 0) is 80.2 Å². The number of benzene rings is 2. The van der Waals surface area contributed by atoms with Crippen molar-refractivity contribution in [1.29, 1.82) is 0 Å². The molecule has 3 N–H and O–H groups in total. The first-order valence-electron chi connectivity index (χ1n) is 13.9. The molecule has 1 fully saturated rings. The van der Waals surface area contributed by atoms with Gasteiger partial charge in [0.15, 0.2) is 5.13 Å². The summed E-state index contributed by atoms with van der Waals surface area (Å²) in [5.74, 6) is 1.50. The number of likely N-dealkylation sites (N-methyl/N-ethyl adjacent to an activating group) is 1. The van der Waals surface area contributed by atoms with Crippen molar-refractivity contribution in [3.63, 3.8) is 0 Å². The molecule has 0 atom stereocenters. The third-order valence-electron chi connectivity index (χ3n) is 6.99. The molecule has 1 saturated heterocycles. The Morgan fingerprint density at radius 1 is 0.884 bits per heavy atom. The van der Waals surface area contributed by atoms with Crippen molar-refractivity contribution >= 4 is 45.5 Å². The fraction of sp³-hybridized carbons (Fsp3) is 0.194. The Kier molecular flexibility index (Phi) is 8.38. The van der Waals surface area contributed by atoms with Crippen LogP contribution in [-0.4, -0.2) is 64.1 Å². The number of pyridine rings is 1. The first-order valence-corrected chi connectivity index (χ1v) is 14.7. The summed E-state index contributed by atoms with van der Waals surface area (Å²) in [5, 5.41) is 11.2. The lowest BCUT2D eigenvalue weighted by molar-refractivity contribution is 0.262. The maximum Gasteiger partial charge on any atom is 0.325 e. The molecule has 2 aromatic carbocycles. The van der Waals surface area contributed by atoms with Crippen LogP contribution in [0.15, 0.2) is 84.6 Å². The predicted molar refractivity (Wildman–Crippen MR) is 171 cm³/mol. The highest BCUT2D eigenvalue weighted by molar-refractivity contribution is 7.13. The highest BCUT2D eigenvalue weighted by atomic mass is 32.1. The normalized spacial score (nSPS) is 13.4. The van der Waals surface area contributed by atoms with E-state index in [1.54, 1.807) is 36.1 Å². The van der Waals surface area contributed by atoms with Gasteiger partial charge in [0.05, 0.1) is 11.3 Å². The number of ether oxygens (including phenoxy) is 1. The molecule has 2 amide bonds. The van der Waals surface area contributed by atoms with Crippen LogP contribution in [0.2, 0.25) is 0 Å². The number of piperazine rings is 1. The van der Waals surface area contributed by atoms with Crippen LogP contribution in [0.1, 0.15) is 5.56 Å². The van der Waals surface area contributed by atoms with Gasteiger partial charge in [-0.2, -0.15) is 0 Å². The molecule has 1 aliphatic rings. The number of hydrogen-bond acceptors (Lipinski definition) is 10. The van der Waals surface area contributed by atoms with Gasteiger partial charge in [-0.25, -0.2) is 24.7 Å². The van der Waals surface area contributed by atoms with Gasteiger partial charge in [0.2, 0.25) is 11.8 Å². The van der Waals surface area contributed by atoms with Gasteiger partial charge >= 0.3 is 6.03 Å². The summed E-state index contributed by atoms with van der Waals surface area (Å²) in [7, 11) is 2.16. The van der Waals surface area contributed by atoms with Crippen LogP contribution in [0.3, 0.4) is 0 Å². The van der Waals surface area contributed by atoms with Crippen LogP contribution < -0.4 is 25.6 Å². The maximum absolute atomic E-state index is 12.3. The number of hydrogen-bond donors (Lipinski definition) is 3. The van der Waals surface area contributed by atoms with E-state index in [0.717, 1.165) is 43.0 Å². The predicted octanol–water partition coefficient (Wildman–Crippen LogP) is 6.24. The van der Waals surface area contributed by atoms with Gasteiger partial charge in [-0.3, -0.25) is 5.32 Å². The van der Waals surface area contributed by atoms with Crippen LogP contribution >= 0.6 is 11.3 Å². The summed E-state index contributed by atoms with van der Waals surface area (Å²) < 4.78 is 6.24. The standard InChI is InChI=1S/C31H31N9O2S/c1-21-20-23(36-30(41)38-31-34-14-19-43-31)7-10-27(21)42-28-25(4-3-12-32-28)26-11-13-33-29(37-26)35-22-5-8-24(9-6-22)40-17-15-39(2)16-18-40/h3-14,19-20H,15-18H2,1-2H3,(H,33,35,37)(H2,34,36,38,41). The zero-order valence-electron chi connectivity index (χ0n) is 23.8. The second-order valence-electron chi connectivity index (χ2n) is 10.1. The molecule has 6 rings (SSSR count). The monoisotopic (exact) mass is 593 g/mol. The smallest absolute Gasteiger partial charge is 0.325 e. The lowest BCUT2D eigenvalue weighted by Crippen LogP contribution is -2.44. The minimum absolute atomic E-state index is 0.366. The maximum atomic E-state index is 12.3. The molecule has 218 valence electrons. The number of nitrogens with one attached hydrogen (secondary N) is 3. The number of aromatic nitrogens is 4. The summed E-state index contributed by atoms with van der Waals surface area (Å²) in [6.07, 6.45) is 5.02. The van der Waals surface area contributed by atoms with E-state index in [4.69, 9.17) is 9.72 Å². The Hall–Kier alpha value is -5.07. The Labute approximate surface area is 253 Å². The third-order valence-corrected chi connectivity index (χ3v) is 7.68. The Balaban J connectivity index is 1.13. The van der Waals surface area contributed by atoms with E-state index < -0.39 is 0 Å². The molecule has 0 saturated carbocycles. The molecular formula is C31H31N9O2S. The van der Waals surface area contributed by atoms with Crippen LogP contribution in [0.25, 0.3) is 11.3 Å². The quantitative estimate of drug-likeness (QED) is 0.192. The number of thiazole rings is 1. The van der Waals surface area contributed by atoms with E-state index in [9.17, 15) is 4.79 Å². The minimum atomic E-state index is -0.366. The molecule has 1 aliphatic heterocycles. The van der Waals surface area contributed by atoms with E-state index in [2.05, 4.69) is 59.9 Å². The van der Waals surface area contributed by atoms with Crippen molar-refractivity contribution in [1.82, 2.24) is 24.8 Å². The topological polar surface area (TPSA) is 120 Å². The molecule has 12 heteroatoms. The molecule has 43 heavy (non-hydrogen) atoms. The van der Waals surface area contributed by atoms with Crippen LogP contribution in [-0.2, 0) is 0 Å². The second kappa shape index (κ2) is 12.8. The molecule has 5 aromatic rings. The Morgan fingerprint density at radius 3 is 2.47 bits per heavy atom. The fourth-order valence-corrected chi connectivity index (χ4v) is 5.20. The molecule has 4 heterocycles. The largest absolute Gasteiger partial charge is 0.438 e. The summed E-state index contributed by atoms with van der Waals surface area (Å²) in [6, 6.07) is 19.0. The lowest BCUT2D eigenvalue weighted by Gasteiger charge is -2.34. The highest BCUT2D eigenvalue weighted by Gasteiger charge is 2.15. The zero-order chi connectivity index (χ0) is 29.6. The van der Waals surface area contributed by atoms with Crippen molar-refractivity contribution < 1.29 is 9.53 Å². The molecule has 0 radical (unpaired) electrons. The van der Waals surface area contributed by atoms with Crippen molar-refractivity contribution in [3.05, 3.63) is 90.2 Å². The van der Waals surface area contributed by atoms with Crippen LogP contribution in [0.5, 0.6) is 11.6 Å². The molecule has 3 aromatic heterocycles. The number of aryl methyl sites for hydroxylation is 1. The molecule has 0 spiro atoms. The second-order valence-corrected chi connectivity index (χ2v) is 11.0. The Bertz CT molecular complexity index is 1690. The van der Waals surface area contributed by atoms with Gasteiger partial charge in [-0.15, -0.1) is 11.3 Å². The lowest BCUT2D eigenvalue weighted by atomic mass is 10.2. The highest BCUT2D eigenvalue weighted by Crippen LogP contribution is 2.33.